The lowest BCUT2D eigenvalue weighted by Gasteiger charge is -2.17. The van der Waals surface area contributed by atoms with Crippen molar-refractivity contribution in [2.45, 2.75) is 19.1 Å². The van der Waals surface area contributed by atoms with Gasteiger partial charge >= 0.3 is 5.97 Å². The predicted octanol–water partition coefficient (Wildman–Crippen LogP) is 9.58. The summed E-state index contributed by atoms with van der Waals surface area (Å²) in [7, 11) is 0. The molecule has 0 heterocycles. The van der Waals surface area contributed by atoms with E-state index in [0.29, 0.717) is 16.0 Å². The lowest BCUT2D eigenvalue weighted by Crippen LogP contribution is -2.42. The van der Waals surface area contributed by atoms with Crippen LogP contribution in [0.3, 0.4) is 0 Å². The maximum Gasteiger partial charge on any atom is 0.326 e. The molecule has 6 aromatic carbocycles. The lowest BCUT2D eigenvalue weighted by molar-refractivity contribution is -0.139. The third-order valence-electron chi connectivity index (χ3n) is 7.81. The molecule has 0 fully saturated rings. The Kier molecular flexibility index (Phi) is 10.3. The molecule has 6 aromatic rings. The Morgan fingerprint density at radius 2 is 1.25 bits per heavy atom. The topological polar surface area (TPSA) is 84.9 Å². The van der Waals surface area contributed by atoms with Crippen molar-refractivity contribution >= 4 is 27.8 Å². The first-order valence-corrected chi connectivity index (χ1v) is 16.2. The fourth-order valence-electron chi connectivity index (χ4n) is 5.29. The second kappa shape index (κ2) is 15.3. The maximum atomic E-state index is 13.5. The van der Waals surface area contributed by atoms with E-state index < -0.39 is 17.9 Å². The number of ether oxygens (including phenoxy) is 2. The highest BCUT2D eigenvalue weighted by molar-refractivity contribution is 9.10. The molecule has 0 unspecified atom stereocenters. The summed E-state index contributed by atoms with van der Waals surface area (Å²) < 4.78 is 12.9. The van der Waals surface area contributed by atoms with Crippen LogP contribution in [0.4, 0.5) is 0 Å². The number of nitrogens with one attached hydrogen (secondary N) is 1. The van der Waals surface area contributed by atoms with Gasteiger partial charge in [-0.15, -0.1) is 0 Å². The lowest BCUT2D eigenvalue weighted by atomic mass is 9.99. The minimum atomic E-state index is -1.16. The van der Waals surface area contributed by atoms with Gasteiger partial charge in [0.2, 0.25) is 0 Å². The van der Waals surface area contributed by atoms with Crippen LogP contribution in [0, 0.1) is 0 Å². The Bertz CT molecular complexity index is 2000. The number of carbonyl (C=O) groups excluding carboxylic acids is 1. The quantitative estimate of drug-likeness (QED) is 0.133. The van der Waals surface area contributed by atoms with Gasteiger partial charge in [0.15, 0.2) is 0 Å². The Labute approximate surface area is 287 Å². The first kappa shape index (κ1) is 32.3. The molecular formula is C41H32BrNO5. The minimum Gasteiger partial charge on any atom is -0.488 e. The van der Waals surface area contributed by atoms with Crippen LogP contribution in [0.15, 0.2) is 156 Å². The molecule has 0 aliphatic rings. The number of carbonyl (C=O) groups is 2. The molecule has 2 N–H and O–H groups in total. The number of aliphatic carboxylic acids is 1. The van der Waals surface area contributed by atoms with E-state index in [4.69, 9.17) is 9.47 Å². The number of hydrogen-bond donors (Lipinski definition) is 2. The molecule has 1 amide bonds. The molecule has 0 radical (unpaired) electrons. The molecule has 1 atom stereocenters. The van der Waals surface area contributed by atoms with Gasteiger partial charge in [-0.3, -0.25) is 4.79 Å². The molecule has 0 aliphatic carbocycles. The van der Waals surface area contributed by atoms with Crippen molar-refractivity contribution in [3.63, 3.8) is 0 Å². The van der Waals surface area contributed by atoms with Crippen molar-refractivity contribution in [3.8, 4) is 39.5 Å². The Balaban J connectivity index is 1.12. The van der Waals surface area contributed by atoms with Crippen LogP contribution < -0.4 is 14.8 Å². The zero-order chi connectivity index (χ0) is 33.3. The molecule has 48 heavy (non-hydrogen) atoms. The zero-order valence-electron chi connectivity index (χ0n) is 25.9. The number of benzene rings is 6. The Morgan fingerprint density at radius 3 is 1.96 bits per heavy atom. The molecule has 0 spiro atoms. The number of para-hydroxylation sites is 2. The number of carboxylic acid groups (broad SMARTS) is 1. The molecule has 0 aliphatic heterocycles. The normalized spacial score (nSPS) is 11.4. The second-order valence-corrected chi connectivity index (χ2v) is 12.1. The smallest absolute Gasteiger partial charge is 0.326 e. The summed E-state index contributed by atoms with van der Waals surface area (Å²) >= 11 is 3.43. The monoisotopic (exact) mass is 697 g/mol. The molecule has 6 rings (SSSR count). The summed E-state index contributed by atoms with van der Waals surface area (Å²) in [6.07, 6.45) is 0.0987. The van der Waals surface area contributed by atoms with E-state index >= 15 is 0 Å². The van der Waals surface area contributed by atoms with Gasteiger partial charge in [0.1, 0.15) is 29.9 Å². The highest BCUT2D eigenvalue weighted by Crippen LogP contribution is 2.33. The fourth-order valence-corrected chi connectivity index (χ4v) is 5.65. The van der Waals surface area contributed by atoms with E-state index in [2.05, 4.69) is 33.4 Å². The minimum absolute atomic E-state index is 0.0987. The van der Waals surface area contributed by atoms with Gasteiger partial charge in [-0.2, -0.15) is 0 Å². The van der Waals surface area contributed by atoms with Gasteiger partial charge in [0, 0.05) is 16.5 Å². The predicted molar refractivity (Wildman–Crippen MR) is 191 cm³/mol. The van der Waals surface area contributed by atoms with Crippen molar-refractivity contribution in [1.82, 2.24) is 5.32 Å². The van der Waals surface area contributed by atoms with Crippen molar-refractivity contribution in [2.75, 3.05) is 0 Å². The van der Waals surface area contributed by atoms with Gasteiger partial charge in [0.25, 0.3) is 5.91 Å². The summed E-state index contributed by atoms with van der Waals surface area (Å²) in [6, 6.07) is 47.0. The largest absolute Gasteiger partial charge is 0.488 e. The molecule has 0 aromatic heterocycles. The number of halogens is 1. The standard InChI is InChI=1S/C41H32BrNO5/c42-33-23-24-38(47-27-29-17-19-31(20-18-29)30-9-3-1-4-10-30)36(26-33)40(44)43-37(41(45)46)25-28-15-21-32(22-16-28)35-13-7-8-14-39(35)48-34-11-5-2-6-12-34/h1-24,26,37H,25,27H2,(H,43,44)(H,45,46)/t37-/m0/s1. The molecule has 238 valence electrons. The van der Waals surface area contributed by atoms with Gasteiger partial charge in [-0.1, -0.05) is 131 Å². The number of amides is 1. The van der Waals surface area contributed by atoms with Crippen LogP contribution in [0.25, 0.3) is 22.3 Å². The van der Waals surface area contributed by atoms with Crippen LogP contribution in [0.5, 0.6) is 17.2 Å². The molecule has 0 saturated carbocycles. The van der Waals surface area contributed by atoms with Crippen LogP contribution in [-0.4, -0.2) is 23.0 Å². The average molecular weight is 699 g/mol. The van der Waals surface area contributed by atoms with Crippen LogP contribution in [-0.2, 0) is 17.8 Å². The third kappa shape index (κ3) is 8.18. The zero-order valence-corrected chi connectivity index (χ0v) is 27.5. The van der Waals surface area contributed by atoms with E-state index in [1.165, 1.54) is 0 Å². The van der Waals surface area contributed by atoms with Gasteiger partial charge < -0.3 is 19.9 Å². The molecule has 7 heteroatoms. The average Bonchev–Trinajstić information content (AvgIpc) is 3.12. The Hall–Kier alpha value is -5.66. The van der Waals surface area contributed by atoms with E-state index in [1.807, 2.05) is 121 Å². The summed E-state index contributed by atoms with van der Waals surface area (Å²) in [5, 5.41) is 12.7. The van der Waals surface area contributed by atoms with Crippen molar-refractivity contribution in [3.05, 3.63) is 173 Å². The molecule has 6 nitrogen and oxygen atoms in total. The summed E-state index contributed by atoms with van der Waals surface area (Å²) in [5.74, 6) is 0.126. The molecular weight excluding hydrogens is 666 g/mol. The second-order valence-electron chi connectivity index (χ2n) is 11.2. The number of hydrogen-bond acceptors (Lipinski definition) is 4. The van der Waals surface area contributed by atoms with Crippen molar-refractivity contribution in [1.29, 1.82) is 0 Å². The van der Waals surface area contributed by atoms with E-state index in [9.17, 15) is 14.7 Å². The van der Waals surface area contributed by atoms with Gasteiger partial charge in [0.05, 0.1) is 5.56 Å². The molecule has 0 bridgehead atoms. The van der Waals surface area contributed by atoms with Crippen LogP contribution in [0.2, 0.25) is 0 Å². The molecule has 0 saturated heterocycles. The van der Waals surface area contributed by atoms with Crippen molar-refractivity contribution in [2.24, 2.45) is 0 Å². The first-order valence-electron chi connectivity index (χ1n) is 15.4. The fraction of sp³-hybridized carbons (Fsp3) is 0.0732. The number of carboxylic acids is 1. The van der Waals surface area contributed by atoms with Crippen LogP contribution in [0.1, 0.15) is 21.5 Å². The van der Waals surface area contributed by atoms with Gasteiger partial charge in [-0.05, 0) is 64.2 Å². The maximum absolute atomic E-state index is 13.5. The van der Waals surface area contributed by atoms with Crippen LogP contribution >= 0.6 is 15.9 Å². The van der Waals surface area contributed by atoms with E-state index in [0.717, 1.165) is 39.1 Å². The van der Waals surface area contributed by atoms with E-state index in [-0.39, 0.29) is 18.6 Å². The highest BCUT2D eigenvalue weighted by atomic mass is 79.9. The summed E-state index contributed by atoms with van der Waals surface area (Å²) in [6.45, 7) is 0.241. The highest BCUT2D eigenvalue weighted by Gasteiger charge is 2.23. The Morgan fingerprint density at radius 1 is 0.646 bits per heavy atom. The van der Waals surface area contributed by atoms with E-state index in [1.54, 1.807) is 18.2 Å². The SMILES string of the molecule is O=C(N[C@@H](Cc1ccc(-c2ccccc2Oc2ccccc2)cc1)C(=O)O)c1cc(Br)ccc1OCc1ccc(-c2ccccc2)cc1. The first-order chi connectivity index (χ1) is 23.4. The summed E-state index contributed by atoms with van der Waals surface area (Å²) in [5.41, 5.74) is 5.99. The third-order valence-corrected chi connectivity index (χ3v) is 8.30. The summed E-state index contributed by atoms with van der Waals surface area (Å²) in [4.78, 5) is 25.8. The van der Waals surface area contributed by atoms with Gasteiger partial charge in [-0.25, -0.2) is 4.79 Å². The number of rotatable bonds is 12. The van der Waals surface area contributed by atoms with Crippen molar-refractivity contribution < 1.29 is 24.2 Å².